The van der Waals surface area contributed by atoms with Gasteiger partial charge in [0.25, 0.3) is 0 Å². The van der Waals surface area contributed by atoms with Crippen molar-refractivity contribution >= 4 is 46.0 Å². The number of thioether (sulfide) groups is 1. The molecule has 0 bridgehead atoms. The molecule has 1 aromatic heterocycles. The number of rotatable bonds is 7. The molecule has 0 spiro atoms. The third kappa shape index (κ3) is 4.79. The molecule has 160 valence electrons. The molecule has 0 fully saturated rings. The molecule has 5 nitrogen and oxygen atoms in total. The Hall–Kier alpha value is -2.35. The second-order valence-electron chi connectivity index (χ2n) is 7.23. The highest BCUT2D eigenvalue weighted by Gasteiger charge is 2.24. The van der Waals surface area contributed by atoms with Gasteiger partial charge in [-0.1, -0.05) is 47.6 Å². The molecular weight excluding hydrogens is 432 g/mol. The average molecular weight is 456 g/mol. The maximum Gasteiger partial charge on any atom is 0.213 e. The van der Waals surface area contributed by atoms with Gasteiger partial charge in [0.05, 0.1) is 29.3 Å². The van der Waals surface area contributed by atoms with Gasteiger partial charge < -0.3 is 20.2 Å². The van der Waals surface area contributed by atoms with Gasteiger partial charge in [0, 0.05) is 28.6 Å². The smallest absolute Gasteiger partial charge is 0.213 e. The molecule has 4 rings (SSSR count). The van der Waals surface area contributed by atoms with Crippen LogP contribution in [0.15, 0.2) is 76.8 Å². The van der Waals surface area contributed by atoms with Crippen molar-refractivity contribution in [2.45, 2.75) is 17.5 Å². The number of β-amino-alcohol motifs (C(OH)–C–C–N with tert-alkyl or cyclic N) is 1. The van der Waals surface area contributed by atoms with Gasteiger partial charge in [-0.15, -0.1) is 0 Å². The Morgan fingerprint density at radius 3 is 2.77 bits per heavy atom. The van der Waals surface area contributed by atoms with E-state index in [0.717, 1.165) is 32.1 Å². The van der Waals surface area contributed by atoms with Gasteiger partial charge in [-0.3, -0.25) is 0 Å². The number of benzene rings is 2. The molecule has 0 radical (unpaired) electrons. The van der Waals surface area contributed by atoms with E-state index in [0.29, 0.717) is 18.1 Å². The molecule has 0 saturated carbocycles. The summed E-state index contributed by atoms with van der Waals surface area (Å²) in [6.45, 7) is 0.614. The Bertz CT molecular complexity index is 1150. The Morgan fingerprint density at radius 1 is 1.13 bits per heavy atom. The number of nitrogens with zero attached hydrogens (tertiary/aromatic N) is 2. The number of aliphatic hydroxyl groups excluding tert-OH is 3. The van der Waals surface area contributed by atoms with Crippen LogP contribution in [0.1, 0.15) is 5.56 Å². The van der Waals surface area contributed by atoms with E-state index < -0.39 is 6.10 Å². The Balaban J connectivity index is 1.63. The van der Waals surface area contributed by atoms with Crippen molar-refractivity contribution in [1.29, 1.82) is 0 Å². The lowest BCUT2D eigenvalue weighted by molar-refractivity contribution is -0.678. The summed E-state index contributed by atoms with van der Waals surface area (Å²) in [6.07, 6.45) is 7.23. The maximum absolute atomic E-state index is 9.84. The topological polar surface area (TPSA) is 67.8 Å². The number of allylic oxidation sites excluding steroid dienone is 2. The first-order valence-electron chi connectivity index (χ1n) is 10.0. The van der Waals surface area contributed by atoms with Crippen LogP contribution < -0.4 is 9.47 Å². The number of aromatic nitrogens is 1. The number of fused-ring (bicyclic) bond motifs is 2. The molecule has 2 heterocycles. The van der Waals surface area contributed by atoms with Crippen LogP contribution >= 0.6 is 23.4 Å². The molecule has 0 aliphatic carbocycles. The fraction of sp³-hybridized carbons (Fsp3) is 0.208. The van der Waals surface area contributed by atoms with Crippen molar-refractivity contribution in [1.82, 2.24) is 0 Å². The number of anilines is 1. The van der Waals surface area contributed by atoms with E-state index in [-0.39, 0.29) is 13.2 Å². The lowest BCUT2D eigenvalue weighted by atomic mass is 10.1. The molecule has 7 heteroatoms. The van der Waals surface area contributed by atoms with E-state index in [9.17, 15) is 15.3 Å². The molecule has 1 atom stereocenters. The van der Waals surface area contributed by atoms with E-state index in [2.05, 4.69) is 11.0 Å². The lowest BCUT2D eigenvalue weighted by Crippen LogP contribution is -2.41. The molecule has 2 aromatic carbocycles. The number of halogens is 1. The highest BCUT2D eigenvalue weighted by Crippen LogP contribution is 2.46. The van der Waals surface area contributed by atoms with Gasteiger partial charge >= 0.3 is 0 Å². The molecule has 1 unspecified atom stereocenters. The molecular formula is C24H24ClN2O3S+. The number of hydrogen-bond acceptors (Lipinski definition) is 5. The third-order valence-corrected chi connectivity index (χ3v) is 6.47. The van der Waals surface area contributed by atoms with E-state index in [1.165, 1.54) is 0 Å². The Labute approximate surface area is 190 Å². The number of para-hydroxylation sites is 1. The normalized spacial score (nSPS) is 15.9. The van der Waals surface area contributed by atoms with Crippen molar-refractivity contribution in [3.8, 4) is 0 Å². The molecule has 3 N–H and O–H groups in total. The lowest BCUT2D eigenvalue weighted by Gasteiger charge is -2.18. The van der Waals surface area contributed by atoms with Gasteiger partial charge in [0.1, 0.15) is 6.10 Å². The van der Waals surface area contributed by atoms with Crippen molar-refractivity contribution < 1.29 is 19.9 Å². The first kappa shape index (κ1) is 21.9. The van der Waals surface area contributed by atoms with Crippen LogP contribution in [0.25, 0.3) is 17.0 Å². The monoisotopic (exact) mass is 455 g/mol. The second-order valence-corrected chi connectivity index (χ2v) is 8.73. The maximum atomic E-state index is 9.84. The number of hydrogen-bond donors (Lipinski definition) is 3. The molecule has 0 saturated heterocycles. The zero-order valence-corrected chi connectivity index (χ0v) is 18.4. The zero-order chi connectivity index (χ0) is 21.8. The van der Waals surface area contributed by atoms with E-state index in [1.807, 2.05) is 71.4 Å². The van der Waals surface area contributed by atoms with Gasteiger partial charge in [-0.25, -0.2) is 0 Å². The largest absolute Gasteiger partial charge is 0.395 e. The van der Waals surface area contributed by atoms with Crippen molar-refractivity contribution in [2.24, 2.45) is 0 Å². The molecule has 3 aromatic rings. The number of pyridine rings is 1. The zero-order valence-electron chi connectivity index (χ0n) is 16.9. The van der Waals surface area contributed by atoms with Gasteiger partial charge in [-0.05, 0) is 35.9 Å². The van der Waals surface area contributed by atoms with Crippen LogP contribution in [-0.4, -0.2) is 41.2 Å². The first-order chi connectivity index (χ1) is 15.1. The third-order valence-electron chi connectivity index (χ3n) is 5.11. The SMILES string of the molecule is OCCN1/C(=C/C=C/c2cc[n+](CC(O)CO)c3ccccc23)Sc2ccc(Cl)cc21. The second kappa shape index (κ2) is 9.85. The summed E-state index contributed by atoms with van der Waals surface area (Å²) < 4.78 is 1.95. The van der Waals surface area contributed by atoms with E-state index in [4.69, 9.17) is 11.6 Å². The summed E-state index contributed by atoms with van der Waals surface area (Å²) in [4.78, 5) is 3.19. The van der Waals surface area contributed by atoms with Crippen LogP contribution in [0.5, 0.6) is 0 Å². The van der Waals surface area contributed by atoms with Crippen LogP contribution in [0.4, 0.5) is 5.69 Å². The van der Waals surface area contributed by atoms with Gasteiger partial charge in [0.15, 0.2) is 12.7 Å². The predicted octanol–water partition coefficient (Wildman–Crippen LogP) is 3.59. The predicted molar refractivity (Wildman–Crippen MR) is 126 cm³/mol. The average Bonchev–Trinajstić information content (AvgIpc) is 3.12. The molecule has 31 heavy (non-hydrogen) atoms. The quantitative estimate of drug-likeness (QED) is 0.475. The summed E-state index contributed by atoms with van der Waals surface area (Å²) >= 11 is 7.82. The summed E-state index contributed by atoms with van der Waals surface area (Å²) in [6, 6.07) is 15.8. The minimum absolute atomic E-state index is 0.0522. The van der Waals surface area contributed by atoms with Gasteiger partial charge in [-0.2, -0.15) is 4.57 Å². The van der Waals surface area contributed by atoms with Gasteiger partial charge in [0.2, 0.25) is 5.52 Å². The Kier molecular flexibility index (Phi) is 6.95. The number of aliphatic hydroxyl groups is 3. The van der Waals surface area contributed by atoms with Crippen molar-refractivity contribution in [3.05, 3.63) is 82.5 Å². The van der Waals surface area contributed by atoms with Crippen molar-refractivity contribution in [3.63, 3.8) is 0 Å². The highest BCUT2D eigenvalue weighted by atomic mass is 35.5. The molecule has 0 amide bonds. The molecule has 1 aliphatic heterocycles. The fourth-order valence-electron chi connectivity index (χ4n) is 3.66. The van der Waals surface area contributed by atoms with Crippen molar-refractivity contribution in [2.75, 3.05) is 24.7 Å². The van der Waals surface area contributed by atoms with Crippen LogP contribution in [0.2, 0.25) is 5.02 Å². The Morgan fingerprint density at radius 2 is 1.97 bits per heavy atom. The van der Waals surface area contributed by atoms with Crippen LogP contribution in [0.3, 0.4) is 0 Å². The minimum atomic E-state index is -0.799. The molecule has 1 aliphatic rings. The summed E-state index contributed by atoms with van der Waals surface area (Å²) in [7, 11) is 0. The van der Waals surface area contributed by atoms with Crippen LogP contribution in [0, 0.1) is 0 Å². The summed E-state index contributed by atoms with van der Waals surface area (Å²) in [5, 5.41) is 31.3. The standard InChI is InChI=1S/C24H24ClN2O3S/c25-18-8-9-23-22(14-18)27(12-13-28)24(31-23)7-3-4-17-10-11-26(15-19(30)16-29)21-6-2-1-5-20(17)21/h1-11,14,19,28-30H,12-13,15-16H2/q+1. The fourth-order valence-corrected chi connectivity index (χ4v) is 4.91. The van der Waals surface area contributed by atoms with E-state index in [1.54, 1.807) is 11.8 Å². The van der Waals surface area contributed by atoms with Crippen LogP contribution in [-0.2, 0) is 6.54 Å². The minimum Gasteiger partial charge on any atom is -0.395 e. The van der Waals surface area contributed by atoms with E-state index >= 15 is 0 Å². The summed E-state index contributed by atoms with van der Waals surface area (Å²) in [5.41, 5.74) is 3.06. The highest BCUT2D eigenvalue weighted by molar-refractivity contribution is 8.03. The summed E-state index contributed by atoms with van der Waals surface area (Å²) in [5.74, 6) is 0. The first-order valence-corrected chi connectivity index (χ1v) is 11.2.